The lowest BCUT2D eigenvalue weighted by atomic mass is 10.0. The molecule has 2 aromatic carbocycles. The van der Waals surface area contributed by atoms with E-state index in [4.69, 9.17) is 15.2 Å². The molecule has 134 valence electrons. The summed E-state index contributed by atoms with van der Waals surface area (Å²) in [7, 11) is 1.45. The summed E-state index contributed by atoms with van der Waals surface area (Å²) in [5.41, 5.74) is 10.9. The second-order valence-electron chi connectivity index (χ2n) is 6.00. The molecule has 0 fully saturated rings. The number of aromatic nitrogens is 2. The number of para-hydroxylation sites is 1. The standard InChI is InChI=1S/C20H21N3O3/c1-13-11-16(19(21)14(2)20(13)26-18(24)12-25-3)17-9-10-23(22-17)15-7-5-4-6-8-15/h4-11H,12,21H2,1-3H3. The number of nitrogens with zero attached hydrogens (tertiary/aromatic N) is 2. The molecule has 3 rings (SSSR count). The van der Waals surface area contributed by atoms with E-state index < -0.39 is 5.97 Å². The van der Waals surface area contributed by atoms with Gasteiger partial charge in [-0.15, -0.1) is 0 Å². The minimum atomic E-state index is -0.459. The van der Waals surface area contributed by atoms with Gasteiger partial charge in [-0.05, 0) is 43.7 Å². The molecule has 6 heteroatoms. The quantitative estimate of drug-likeness (QED) is 0.433. The molecule has 1 heterocycles. The van der Waals surface area contributed by atoms with Gasteiger partial charge in [0.25, 0.3) is 0 Å². The number of anilines is 1. The van der Waals surface area contributed by atoms with E-state index >= 15 is 0 Å². The number of benzene rings is 2. The predicted octanol–water partition coefficient (Wildman–Crippen LogP) is 3.29. The monoisotopic (exact) mass is 351 g/mol. The highest BCUT2D eigenvalue weighted by atomic mass is 16.6. The van der Waals surface area contributed by atoms with Gasteiger partial charge < -0.3 is 15.2 Å². The SMILES string of the molecule is COCC(=O)Oc1c(C)cc(-c2ccn(-c3ccccc3)n2)c(N)c1C. The Kier molecular flexibility index (Phi) is 5.04. The lowest BCUT2D eigenvalue weighted by molar-refractivity contribution is -0.138. The minimum absolute atomic E-state index is 0.109. The molecular weight excluding hydrogens is 330 g/mol. The van der Waals surface area contributed by atoms with Crippen LogP contribution in [0.4, 0.5) is 5.69 Å². The lowest BCUT2D eigenvalue weighted by Crippen LogP contribution is -2.16. The Morgan fingerprint density at radius 2 is 1.92 bits per heavy atom. The Balaban J connectivity index is 1.97. The molecule has 0 amide bonds. The van der Waals surface area contributed by atoms with Crippen LogP contribution in [0.25, 0.3) is 16.9 Å². The summed E-state index contributed by atoms with van der Waals surface area (Å²) in [6.45, 7) is 3.59. The molecule has 0 aliphatic rings. The summed E-state index contributed by atoms with van der Waals surface area (Å²) in [5.74, 6) is 0.00926. The lowest BCUT2D eigenvalue weighted by Gasteiger charge is -2.15. The van der Waals surface area contributed by atoms with E-state index in [0.717, 1.165) is 22.5 Å². The normalized spacial score (nSPS) is 10.7. The third-order valence-corrected chi connectivity index (χ3v) is 4.12. The molecule has 0 radical (unpaired) electrons. The van der Waals surface area contributed by atoms with Crippen molar-refractivity contribution >= 4 is 11.7 Å². The number of carbonyl (C=O) groups excluding carboxylic acids is 1. The van der Waals surface area contributed by atoms with Crippen molar-refractivity contribution in [2.75, 3.05) is 19.5 Å². The smallest absolute Gasteiger partial charge is 0.337 e. The van der Waals surface area contributed by atoms with Crippen LogP contribution < -0.4 is 10.5 Å². The molecule has 0 saturated heterocycles. The molecule has 0 aliphatic heterocycles. The highest BCUT2D eigenvalue weighted by Crippen LogP contribution is 2.36. The van der Waals surface area contributed by atoms with Crippen molar-refractivity contribution in [3.05, 3.63) is 59.8 Å². The van der Waals surface area contributed by atoms with Crippen molar-refractivity contribution in [2.45, 2.75) is 13.8 Å². The summed E-state index contributed by atoms with van der Waals surface area (Å²) in [4.78, 5) is 11.7. The number of hydrogen-bond acceptors (Lipinski definition) is 5. The highest BCUT2D eigenvalue weighted by molar-refractivity contribution is 5.82. The Hall–Kier alpha value is -3.12. The predicted molar refractivity (Wildman–Crippen MR) is 100 cm³/mol. The maximum atomic E-state index is 11.7. The molecule has 0 atom stereocenters. The first-order valence-corrected chi connectivity index (χ1v) is 8.22. The molecule has 0 aliphatic carbocycles. The van der Waals surface area contributed by atoms with E-state index in [9.17, 15) is 4.79 Å². The highest BCUT2D eigenvalue weighted by Gasteiger charge is 2.17. The van der Waals surface area contributed by atoms with Gasteiger partial charge in [-0.2, -0.15) is 5.10 Å². The van der Waals surface area contributed by atoms with Crippen LogP contribution >= 0.6 is 0 Å². The maximum Gasteiger partial charge on any atom is 0.337 e. The summed E-state index contributed by atoms with van der Waals surface area (Å²) < 4.78 is 12.0. The zero-order chi connectivity index (χ0) is 18.7. The average Bonchev–Trinajstić information content (AvgIpc) is 3.12. The van der Waals surface area contributed by atoms with Gasteiger partial charge in [-0.3, -0.25) is 0 Å². The molecule has 0 bridgehead atoms. The molecule has 0 spiro atoms. The molecule has 0 unspecified atom stereocenters. The van der Waals surface area contributed by atoms with Crippen LogP contribution in [0, 0.1) is 13.8 Å². The van der Waals surface area contributed by atoms with E-state index in [2.05, 4.69) is 5.10 Å². The van der Waals surface area contributed by atoms with E-state index in [1.165, 1.54) is 7.11 Å². The first-order chi connectivity index (χ1) is 12.5. The largest absolute Gasteiger partial charge is 0.424 e. The van der Waals surface area contributed by atoms with Crippen molar-refractivity contribution in [3.8, 4) is 22.7 Å². The van der Waals surface area contributed by atoms with Crippen molar-refractivity contribution < 1.29 is 14.3 Å². The van der Waals surface area contributed by atoms with Crippen molar-refractivity contribution in [1.29, 1.82) is 0 Å². The number of methoxy groups -OCH3 is 1. The third kappa shape index (κ3) is 3.45. The number of rotatable bonds is 5. The molecule has 0 saturated carbocycles. The van der Waals surface area contributed by atoms with Crippen molar-refractivity contribution in [1.82, 2.24) is 9.78 Å². The molecular formula is C20H21N3O3. The number of hydrogen-bond donors (Lipinski definition) is 1. The van der Waals surface area contributed by atoms with E-state index in [-0.39, 0.29) is 6.61 Å². The maximum absolute atomic E-state index is 11.7. The van der Waals surface area contributed by atoms with Gasteiger partial charge >= 0.3 is 5.97 Å². The zero-order valence-corrected chi connectivity index (χ0v) is 15.0. The van der Waals surface area contributed by atoms with Gasteiger partial charge in [0.15, 0.2) is 0 Å². The van der Waals surface area contributed by atoms with Gasteiger partial charge in [0, 0.05) is 30.1 Å². The fourth-order valence-electron chi connectivity index (χ4n) is 2.80. The van der Waals surface area contributed by atoms with Crippen LogP contribution in [0.15, 0.2) is 48.7 Å². The first kappa shape index (κ1) is 17.7. The second-order valence-corrected chi connectivity index (χ2v) is 6.00. The van der Waals surface area contributed by atoms with E-state index in [0.29, 0.717) is 17.0 Å². The van der Waals surface area contributed by atoms with Crippen molar-refractivity contribution in [2.24, 2.45) is 0 Å². The molecule has 26 heavy (non-hydrogen) atoms. The Morgan fingerprint density at radius 1 is 1.19 bits per heavy atom. The van der Waals surface area contributed by atoms with Gasteiger partial charge in [0.05, 0.1) is 11.4 Å². The van der Waals surface area contributed by atoms with E-state index in [1.54, 1.807) is 4.68 Å². The number of nitrogen functional groups attached to an aromatic ring is 1. The van der Waals surface area contributed by atoms with Crippen LogP contribution in [0.5, 0.6) is 5.75 Å². The summed E-state index contributed by atoms with van der Waals surface area (Å²) in [6, 6.07) is 13.6. The summed E-state index contributed by atoms with van der Waals surface area (Å²) in [5, 5.41) is 4.62. The second kappa shape index (κ2) is 7.41. The van der Waals surface area contributed by atoms with Crippen LogP contribution in [0.3, 0.4) is 0 Å². The molecule has 1 aromatic heterocycles. The van der Waals surface area contributed by atoms with Gasteiger partial charge in [0.1, 0.15) is 12.4 Å². The molecule has 6 nitrogen and oxygen atoms in total. The number of ether oxygens (including phenoxy) is 2. The van der Waals surface area contributed by atoms with Crippen LogP contribution in [-0.4, -0.2) is 29.5 Å². The summed E-state index contributed by atoms with van der Waals surface area (Å²) >= 11 is 0. The van der Waals surface area contributed by atoms with Gasteiger partial charge in [-0.25, -0.2) is 9.48 Å². The van der Waals surface area contributed by atoms with Crippen LogP contribution in [0.1, 0.15) is 11.1 Å². The van der Waals surface area contributed by atoms with Gasteiger partial charge in [-0.1, -0.05) is 18.2 Å². The Morgan fingerprint density at radius 3 is 2.62 bits per heavy atom. The summed E-state index contributed by atoms with van der Waals surface area (Å²) in [6.07, 6.45) is 1.89. The molecule has 2 N–H and O–H groups in total. The Bertz CT molecular complexity index is 933. The fourth-order valence-corrected chi connectivity index (χ4v) is 2.80. The van der Waals surface area contributed by atoms with Crippen LogP contribution in [-0.2, 0) is 9.53 Å². The topological polar surface area (TPSA) is 79.4 Å². The third-order valence-electron chi connectivity index (χ3n) is 4.12. The average molecular weight is 351 g/mol. The Labute approximate surface area is 152 Å². The zero-order valence-electron chi connectivity index (χ0n) is 15.0. The van der Waals surface area contributed by atoms with E-state index in [1.807, 2.05) is 62.5 Å². The number of esters is 1. The number of carbonyl (C=O) groups is 1. The molecule has 3 aromatic rings. The fraction of sp³-hybridized carbons (Fsp3) is 0.200. The minimum Gasteiger partial charge on any atom is -0.424 e. The van der Waals surface area contributed by atoms with Gasteiger partial charge in [0.2, 0.25) is 0 Å². The van der Waals surface area contributed by atoms with Crippen LogP contribution in [0.2, 0.25) is 0 Å². The number of nitrogens with two attached hydrogens (primary N) is 1. The van der Waals surface area contributed by atoms with Crippen molar-refractivity contribution in [3.63, 3.8) is 0 Å². The number of aryl methyl sites for hydroxylation is 1. The first-order valence-electron chi connectivity index (χ1n) is 8.22.